The van der Waals surface area contributed by atoms with Crippen molar-refractivity contribution in [3.63, 3.8) is 0 Å². The molecule has 6 nitrogen and oxygen atoms in total. The number of hydrogen-bond donors (Lipinski definition) is 1. The molecule has 0 aliphatic heterocycles. The SMILES string of the molecule is CC[C@H](O)Cc1onc(C)c1[N+](=O)[O-]. The average Bonchev–Trinajstić information content (AvgIpc) is 2.46. The minimum Gasteiger partial charge on any atom is -0.393 e. The smallest absolute Gasteiger partial charge is 0.334 e. The van der Waals surface area contributed by atoms with Gasteiger partial charge in [0, 0.05) is 6.42 Å². The van der Waals surface area contributed by atoms with E-state index < -0.39 is 11.0 Å². The third kappa shape index (κ3) is 2.08. The van der Waals surface area contributed by atoms with Crippen LogP contribution in [0.1, 0.15) is 24.8 Å². The summed E-state index contributed by atoms with van der Waals surface area (Å²) in [6, 6.07) is 0. The Bertz CT molecular complexity index is 334. The molecule has 0 amide bonds. The first-order valence-electron chi connectivity index (χ1n) is 4.33. The summed E-state index contributed by atoms with van der Waals surface area (Å²) in [4.78, 5) is 10.1. The number of hydrogen-bond acceptors (Lipinski definition) is 5. The van der Waals surface area contributed by atoms with Crippen molar-refractivity contribution >= 4 is 5.69 Å². The van der Waals surface area contributed by atoms with Crippen LogP contribution in [0.25, 0.3) is 0 Å². The van der Waals surface area contributed by atoms with Gasteiger partial charge in [0.15, 0.2) is 5.69 Å². The first-order chi connectivity index (χ1) is 6.56. The molecule has 0 aromatic carbocycles. The van der Waals surface area contributed by atoms with E-state index in [1.807, 2.05) is 0 Å². The summed E-state index contributed by atoms with van der Waals surface area (Å²) < 4.78 is 4.78. The third-order valence-corrected chi connectivity index (χ3v) is 1.97. The predicted molar refractivity (Wildman–Crippen MR) is 47.9 cm³/mol. The quantitative estimate of drug-likeness (QED) is 0.582. The van der Waals surface area contributed by atoms with E-state index in [1.54, 1.807) is 6.92 Å². The van der Waals surface area contributed by atoms with Crippen molar-refractivity contribution in [2.45, 2.75) is 32.8 Å². The van der Waals surface area contributed by atoms with Gasteiger partial charge in [-0.25, -0.2) is 0 Å². The molecule has 1 rings (SSSR count). The Morgan fingerprint density at radius 3 is 2.86 bits per heavy atom. The summed E-state index contributed by atoms with van der Waals surface area (Å²) in [5, 5.41) is 23.4. The molecule has 1 N–H and O–H groups in total. The van der Waals surface area contributed by atoms with Crippen LogP contribution in [0, 0.1) is 17.0 Å². The van der Waals surface area contributed by atoms with Crippen molar-refractivity contribution in [3.05, 3.63) is 21.6 Å². The van der Waals surface area contributed by atoms with Crippen LogP contribution in [0.3, 0.4) is 0 Å². The van der Waals surface area contributed by atoms with Gasteiger partial charge in [-0.05, 0) is 13.3 Å². The molecule has 1 heterocycles. The fourth-order valence-corrected chi connectivity index (χ4v) is 1.14. The van der Waals surface area contributed by atoms with Gasteiger partial charge in [0.1, 0.15) is 0 Å². The Hall–Kier alpha value is -1.43. The maximum atomic E-state index is 10.6. The van der Waals surface area contributed by atoms with E-state index in [4.69, 9.17) is 4.52 Å². The maximum absolute atomic E-state index is 10.6. The van der Waals surface area contributed by atoms with Crippen LogP contribution in [0.4, 0.5) is 5.69 Å². The van der Waals surface area contributed by atoms with Gasteiger partial charge in [0.25, 0.3) is 0 Å². The third-order valence-electron chi connectivity index (χ3n) is 1.97. The molecular formula is C8H12N2O4. The predicted octanol–water partition coefficient (Wildman–Crippen LogP) is 1.20. The van der Waals surface area contributed by atoms with Crippen molar-refractivity contribution < 1.29 is 14.6 Å². The van der Waals surface area contributed by atoms with E-state index >= 15 is 0 Å². The van der Waals surface area contributed by atoms with Gasteiger partial charge in [0.2, 0.25) is 5.76 Å². The minimum absolute atomic E-state index is 0.127. The molecule has 0 fully saturated rings. The Morgan fingerprint density at radius 1 is 1.71 bits per heavy atom. The first kappa shape index (κ1) is 10.6. The van der Waals surface area contributed by atoms with Crippen LogP contribution in [-0.4, -0.2) is 21.3 Å². The topological polar surface area (TPSA) is 89.4 Å². The molecule has 1 atom stereocenters. The van der Waals surface area contributed by atoms with Crippen LogP contribution in [0.2, 0.25) is 0 Å². The molecule has 0 saturated heterocycles. The van der Waals surface area contributed by atoms with Gasteiger partial charge in [-0.15, -0.1) is 0 Å². The van der Waals surface area contributed by atoms with Crippen LogP contribution in [0.5, 0.6) is 0 Å². The van der Waals surface area contributed by atoms with Crippen molar-refractivity contribution in [2.75, 3.05) is 0 Å². The van der Waals surface area contributed by atoms with Gasteiger partial charge in [-0.2, -0.15) is 0 Å². The molecule has 0 spiro atoms. The first-order valence-corrected chi connectivity index (χ1v) is 4.33. The van der Waals surface area contributed by atoms with Crippen LogP contribution in [0.15, 0.2) is 4.52 Å². The Labute approximate surface area is 80.7 Å². The van der Waals surface area contributed by atoms with E-state index in [0.29, 0.717) is 6.42 Å². The molecule has 0 radical (unpaired) electrons. The Morgan fingerprint density at radius 2 is 2.36 bits per heavy atom. The molecule has 0 aliphatic carbocycles. The van der Waals surface area contributed by atoms with Gasteiger partial charge in [-0.1, -0.05) is 12.1 Å². The molecular weight excluding hydrogens is 188 g/mol. The molecule has 14 heavy (non-hydrogen) atoms. The summed E-state index contributed by atoms with van der Waals surface area (Å²) in [7, 11) is 0. The summed E-state index contributed by atoms with van der Waals surface area (Å²) in [5.41, 5.74) is 0.116. The van der Waals surface area contributed by atoms with Crippen LogP contribution in [-0.2, 0) is 6.42 Å². The summed E-state index contributed by atoms with van der Waals surface area (Å²) >= 11 is 0. The number of rotatable bonds is 4. The molecule has 0 bridgehead atoms. The summed E-state index contributed by atoms with van der Waals surface area (Å²) in [6.45, 7) is 3.29. The van der Waals surface area contributed by atoms with E-state index in [0.717, 1.165) is 0 Å². The minimum atomic E-state index is -0.624. The molecule has 78 valence electrons. The van der Waals surface area contributed by atoms with Crippen molar-refractivity contribution in [1.29, 1.82) is 0 Å². The molecule has 0 aliphatic rings. The Kier molecular flexibility index (Phi) is 3.19. The summed E-state index contributed by atoms with van der Waals surface area (Å²) in [6.07, 6.45) is 0.0333. The number of aliphatic hydroxyl groups is 1. The van der Waals surface area contributed by atoms with Gasteiger partial charge in [0.05, 0.1) is 11.0 Å². The van der Waals surface area contributed by atoms with Crippen LogP contribution < -0.4 is 0 Å². The molecule has 0 saturated carbocycles. The van der Waals surface area contributed by atoms with E-state index in [1.165, 1.54) is 6.92 Å². The van der Waals surface area contributed by atoms with E-state index in [2.05, 4.69) is 5.16 Å². The fraction of sp³-hybridized carbons (Fsp3) is 0.625. The second-order valence-electron chi connectivity index (χ2n) is 3.06. The lowest BCUT2D eigenvalue weighted by molar-refractivity contribution is -0.386. The fourth-order valence-electron chi connectivity index (χ4n) is 1.14. The second-order valence-corrected chi connectivity index (χ2v) is 3.06. The maximum Gasteiger partial charge on any atom is 0.334 e. The van der Waals surface area contributed by atoms with Crippen molar-refractivity contribution in [1.82, 2.24) is 5.16 Å². The van der Waals surface area contributed by atoms with Crippen molar-refractivity contribution in [3.8, 4) is 0 Å². The van der Waals surface area contributed by atoms with Gasteiger partial charge >= 0.3 is 5.69 Å². The molecule has 1 aromatic rings. The number of aromatic nitrogens is 1. The largest absolute Gasteiger partial charge is 0.393 e. The highest BCUT2D eigenvalue weighted by Crippen LogP contribution is 2.24. The molecule has 0 unspecified atom stereocenters. The van der Waals surface area contributed by atoms with Gasteiger partial charge < -0.3 is 9.63 Å². The lowest BCUT2D eigenvalue weighted by atomic mass is 10.1. The zero-order chi connectivity index (χ0) is 10.7. The van der Waals surface area contributed by atoms with Gasteiger partial charge in [-0.3, -0.25) is 10.1 Å². The zero-order valence-electron chi connectivity index (χ0n) is 8.06. The van der Waals surface area contributed by atoms with E-state index in [-0.39, 0.29) is 23.6 Å². The second kappa shape index (κ2) is 4.19. The number of nitro groups is 1. The molecule has 1 aromatic heterocycles. The highest BCUT2D eigenvalue weighted by atomic mass is 16.6. The standard InChI is InChI=1S/C8H12N2O4/c1-3-6(11)4-7-8(10(12)13)5(2)9-14-7/h6,11H,3-4H2,1-2H3/t6-/m0/s1. The summed E-state index contributed by atoms with van der Waals surface area (Å²) in [5.74, 6) is 0.141. The lowest BCUT2D eigenvalue weighted by Gasteiger charge is -2.02. The number of aliphatic hydroxyl groups excluding tert-OH is 1. The highest BCUT2D eigenvalue weighted by molar-refractivity contribution is 5.37. The molecule has 6 heteroatoms. The monoisotopic (exact) mass is 200 g/mol. The lowest BCUT2D eigenvalue weighted by Crippen LogP contribution is -2.09. The zero-order valence-corrected chi connectivity index (χ0v) is 8.06. The number of nitrogens with zero attached hydrogens (tertiary/aromatic N) is 2. The van der Waals surface area contributed by atoms with Crippen molar-refractivity contribution in [2.24, 2.45) is 0 Å². The Balaban J connectivity index is 2.92. The normalized spacial score (nSPS) is 12.8. The highest BCUT2D eigenvalue weighted by Gasteiger charge is 2.25. The van der Waals surface area contributed by atoms with E-state index in [9.17, 15) is 15.2 Å². The number of aryl methyl sites for hydroxylation is 1. The van der Waals surface area contributed by atoms with Crippen LogP contribution >= 0.6 is 0 Å². The average molecular weight is 200 g/mol.